The summed E-state index contributed by atoms with van der Waals surface area (Å²) in [5, 5.41) is 11.4. The second-order valence-electron chi connectivity index (χ2n) is 4.21. The number of hydrogen-bond acceptors (Lipinski definition) is 4. The van der Waals surface area contributed by atoms with Crippen molar-refractivity contribution < 1.29 is 13.9 Å². The summed E-state index contributed by atoms with van der Waals surface area (Å²) >= 11 is 0. The zero-order valence-electron chi connectivity index (χ0n) is 11.0. The van der Waals surface area contributed by atoms with Gasteiger partial charge in [-0.05, 0) is 43.3 Å². The molecule has 0 spiro atoms. The molecule has 20 heavy (non-hydrogen) atoms. The first-order chi connectivity index (χ1) is 9.69. The van der Waals surface area contributed by atoms with Crippen LogP contribution in [0.15, 0.2) is 47.1 Å². The van der Waals surface area contributed by atoms with Crippen molar-refractivity contribution in [3.8, 4) is 6.07 Å². The minimum atomic E-state index is -0.601. The van der Waals surface area contributed by atoms with Crippen LogP contribution in [0.5, 0.6) is 0 Å². The molecule has 5 nitrogen and oxygen atoms in total. The Balaban J connectivity index is 1.85. The summed E-state index contributed by atoms with van der Waals surface area (Å²) in [6, 6.07) is 12.2. The highest BCUT2D eigenvalue weighted by Crippen LogP contribution is 2.10. The Bertz CT molecular complexity index is 597. The van der Waals surface area contributed by atoms with Crippen LogP contribution < -0.4 is 5.32 Å². The van der Waals surface area contributed by atoms with Crippen molar-refractivity contribution in [3.05, 3.63) is 54.0 Å². The van der Waals surface area contributed by atoms with E-state index in [-0.39, 0.29) is 12.5 Å². The van der Waals surface area contributed by atoms with Gasteiger partial charge in [-0.1, -0.05) is 0 Å². The summed E-state index contributed by atoms with van der Waals surface area (Å²) in [6.07, 6.45) is 0.955. The van der Waals surface area contributed by atoms with Crippen molar-refractivity contribution in [2.45, 2.75) is 19.6 Å². The van der Waals surface area contributed by atoms with Gasteiger partial charge in [-0.3, -0.25) is 4.79 Å². The van der Waals surface area contributed by atoms with E-state index in [1.54, 1.807) is 49.6 Å². The van der Waals surface area contributed by atoms with Crippen LogP contribution >= 0.6 is 0 Å². The van der Waals surface area contributed by atoms with Crippen LogP contribution in [0.2, 0.25) is 0 Å². The van der Waals surface area contributed by atoms with E-state index < -0.39 is 6.10 Å². The smallest absolute Gasteiger partial charge is 0.253 e. The largest absolute Gasteiger partial charge is 0.467 e. The molecule has 1 aromatic heterocycles. The maximum Gasteiger partial charge on any atom is 0.253 e. The predicted octanol–water partition coefficient (Wildman–Crippen LogP) is 2.70. The number of benzene rings is 1. The van der Waals surface area contributed by atoms with Gasteiger partial charge in [0.25, 0.3) is 5.91 Å². The number of nitrogens with zero attached hydrogens (tertiary/aromatic N) is 1. The van der Waals surface area contributed by atoms with Gasteiger partial charge in [-0.2, -0.15) is 5.26 Å². The lowest BCUT2D eigenvalue weighted by Gasteiger charge is -2.12. The summed E-state index contributed by atoms with van der Waals surface area (Å²) in [6.45, 7) is 1.91. The van der Waals surface area contributed by atoms with Crippen molar-refractivity contribution >= 4 is 11.6 Å². The number of amides is 1. The Kier molecular flexibility index (Phi) is 4.53. The molecule has 102 valence electrons. The number of nitrogens with one attached hydrogen (secondary N) is 1. The van der Waals surface area contributed by atoms with Crippen molar-refractivity contribution in [3.63, 3.8) is 0 Å². The first-order valence-electron chi connectivity index (χ1n) is 6.14. The van der Waals surface area contributed by atoms with Gasteiger partial charge in [0.15, 0.2) is 0 Å². The number of carbonyl (C=O) groups is 1. The molecule has 0 aliphatic heterocycles. The second kappa shape index (κ2) is 6.55. The molecule has 2 rings (SSSR count). The Hall–Kier alpha value is -2.58. The molecule has 0 bridgehead atoms. The normalized spacial score (nSPS) is 11.6. The standard InChI is InChI=1S/C15H14N2O3/c1-11(20-10-14-3-2-8-19-14)15(18)17-13-6-4-12(9-16)5-7-13/h2-8,11H,10H2,1H3,(H,17,18). The van der Waals surface area contributed by atoms with E-state index in [0.717, 1.165) is 0 Å². The fourth-order valence-corrected chi connectivity index (χ4v) is 1.55. The molecular weight excluding hydrogens is 256 g/mol. The molecular formula is C15H14N2O3. The van der Waals surface area contributed by atoms with Gasteiger partial charge in [-0.15, -0.1) is 0 Å². The van der Waals surface area contributed by atoms with E-state index >= 15 is 0 Å². The van der Waals surface area contributed by atoms with Crippen molar-refractivity contribution in [2.75, 3.05) is 5.32 Å². The minimum absolute atomic E-state index is 0.245. The highest BCUT2D eigenvalue weighted by Gasteiger charge is 2.14. The van der Waals surface area contributed by atoms with E-state index in [4.69, 9.17) is 14.4 Å². The average Bonchev–Trinajstić information content (AvgIpc) is 2.98. The lowest BCUT2D eigenvalue weighted by molar-refractivity contribution is -0.127. The van der Waals surface area contributed by atoms with Gasteiger partial charge >= 0.3 is 0 Å². The predicted molar refractivity (Wildman–Crippen MR) is 72.7 cm³/mol. The molecule has 0 fully saturated rings. The van der Waals surface area contributed by atoms with Crippen LogP contribution in [0.1, 0.15) is 18.2 Å². The van der Waals surface area contributed by atoms with E-state index in [2.05, 4.69) is 5.32 Å². The molecule has 1 amide bonds. The first-order valence-corrected chi connectivity index (χ1v) is 6.14. The fourth-order valence-electron chi connectivity index (χ4n) is 1.55. The highest BCUT2D eigenvalue weighted by atomic mass is 16.5. The summed E-state index contributed by atoms with van der Waals surface area (Å²) in [5.41, 5.74) is 1.17. The van der Waals surface area contributed by atoms with Gasteiger partial charge in [0.2, 0.25) is 0 Å². The maximum atomic E-state index is 11.9. The number of anilines is 1. The third-order valence-corrected chi connectivity index (χ3v) is 2.71. The second-order valence-corrected chi connectivity index (χ2v) is 4.21. The summed E-state index contributed by atoms with van der Waals surface area (Å²) < 4.78 is 10.5. The molecule has 0 aliphatic rings. The van der Waals surface area contributed by atoms with Gasteiger partial charge in [-0.25, -0.2) is 0 Å². The monoisotopic (exact) mass is 270 g/mol. The number of rotatable bonds is 5. The highest BCUT2D eigenvalue weighted by molar-refractivity contribution is 5.93. The molecule has 0 radical (unpaired) electrons. The topological polar surface area (TPSA) is 75.3 Å². The molecule has 0 saturated carbocycles. The van der Waals surface area contributed by atoms with E-state index in [1.165, 1.54) is 0 Å². The van der Waals surface area contributed by atoms with Gasteiger partial charge < -0.3 is 14.5 Å². The number of nitriles is 1. The third-order valence-electron chi connectivity index (χ3n) is 2.71. The Morgan fingerprint density at radius 2 is 2.15 bits per heavy atom. The zero-order chi connectivity index (χ0) is 14.4. The maximum absolute atomic E-state index is 11.9. The average molecular weight is 270 g/mol. The minimum Gasteiger partial charge on any atom is -0.467 e. The molecule has 1 N–H and O–H groups in total. The van der Waals surface area contributed by atoms with Crippen LogP contribution in [0.3, 0.4) is 0 Å². The SMILES string of the molecule is CC(OCc1ccco1)C(=O)Nc1ccc(C#N)cc1. The lowest BCUT2D eigenvalue weighted by Crippen LogP contribution is -2.27. The first kappa shape index (κ1) is 13.8. The molecule has 0 saturated heterocycles. The number of carbonyl (C=O) groups excluding carboxylic acids is 1. The quantitative estimate of drug-likeness (QED) is 0.906. The Morgan fingerprint density at radius 1 is 1.40 bits per heavy atom. The Labute approximate surface area is 116 Å². The van der Waals surface area contributed by atoms with Gasteiger partial charge in [0.05, 0.1) is 17.9 Å². The molecule has 1 heterocycles. The van der Waals surface area contributed by atoms with Crippen molar-refractivity contribution in [2.24, 2.45) is 0 Å². The van der Waals surface area contributed by atoms with Crippen LogP contribution in [0.4, 0.5) is 5.69 Å². The third kappa shape index (κ3) is 3.70. The number of hydrogen-bond donors (Lipinski definition) is 1. The molecule has 2 aromatic rings. The van der Waals surface area contributed by atoms with Crippen LogP contribution in [0.25, 0.3) is 0 Å². The van der Waals surface area contributed by atoms with Gasteiger partial charge in [0.1, 0.15) is 18.5 Å². The van der Waals surface area contributed by atoms with E-state index in [1.807, 2.05) is 6.07 Å². The summed E-state index contributed by atoms with van der Waals surface area (Å²) in [7, 11) is 0. The summed E-state index contributed by atoms with van der Waals surface area (Å²) in [4.78, 5) is 11.9. The lowest BCUT2D eigenvalue weighted by atomic mass is 10.2. The van der Waals surface area contributed by atoms with E-state index in [0.29, 0.717) is 17.0 Å². The van der Waals surface area contributed by atoms with Crippen LogP contribution in [-0.2, 0) is 16.1 Å². The van der Waals surface area contributed by atoms with Crippen molar-refractivity contribution in [1.82, 2.24) is 0 Å². The molecule has 5 heteroatoms. The molecule has 0 aliphatic carbocycles. The molecule has 1 aromatic carbocycles. The van der Waals surface area contributed by atoms with Crippen LogP contribution in [0, 0.1) is 11.3 Å². The Morgan fingerprint density at radius 3 is 2.75 bits per heavy atom. The molecule has 1 unspecified atom stereocenters. The fraction of sp³-hybridized carbons (Fsp3) is 0.200. The van der Waals surface area contributed by atoms with E-state index in [9.17, 15) is 4.79 Å². The summed E-state index contributed by atoms with van der Waals surface area (Å²) in [5.74, 6) is 0.421. The number of furan rings is 1. The number of ether oxygens (including phenoxy) is 1. The van der Waals surface area contributed by atoms with Crippen LogP contribution in [-0.4, -0.2) is 12.0 Å². The zero-order valence-corrected chi connectivity index (χ0v) is 11.0. The molecule has 1 atom stereocenters. The van der Waals surface area contributed by atoms with Gasteiger partial charge in [0, 0.05) is 5.69 Å². The van der Waals surface area contributed by atoms with Crippen molar-refractivity contribution in [1.29, 1.82) is 5.26 Å².